The van der Waals surface area contributed by atoms with Crippen LogP contribution < -0.4 is 10.4 Å². The van der Waals surface area contributed by atoms with Crippen LogP contribution >= 0.6 is 0 Å². The van der Waals surface area contributed by atoms with Crippen molar-refractivity contribution >= 4 is 21.6 Å². The largest absolute Gasteiger partial charge is 0.383 e. The van der Waals surface area contributed by atoms with Crippen molar-refractivity contribution in [1.29, 1.82) is 0 Å². The first-order valence-corrected chi connectivity index (χ1v) is 13.8. The summed E-state index contributed by atoms with van der Waals surface area (Å²) in [6, 6.07) is 8.65. The Morgan fingerprint density at radius 2 is 1.74 bits per heavy atom. The Morgan fingerprint density at radius 3 is 2.26 bits per heavy atom. The Kier molecular flexibility index (Phi) is 8.14. The monoisotopic (exact) mass is 494 g/mol. The molecule has 0 spiro atoms. The molecule has 1 amide bonds. The predicted octanol–water partition coefficient (Wildman–Crippen LogP) is 1.47. The molecular weight excluding hydrogens is 456 g/mol. The summed E-state index contributed by atoms with van der Waals surface area (Å²) in [6.45, 7) is 3.93. The van der Waals surface area contributed by atoms with Gasteiger partial charge < -0.3 is 14.5 Å². The van der Waals surface area contributed by atoms with Gasteiger partial charge in [-0.3, -0.25) is 10.0 Å². The maximum Gasteiger partial charge on any atom is 0.266 e. The van der Waals surface area contributed by atoms with Gasteiger partial charge in [0.15, 0.2) is 4.75 Å². The van der Waals surface area contributed by atoms with E-state index in [4.69, 9.17) is 4.74 Å². The Balaban J connectivity index is 1.39. The summed E-state index contributed by atoms with van der Waals surface area (Å²) in [4.78, 5) is 17.0. The number of carbonyl (C=O) groups excluding carboxylic acids is 1. The first kappa shape index (κ1) is 25.4. The fraction of sp³-hybridized carbons (Fsp3) is 0.708. The SMILES string of the molecule is COCCN1CCC(C(=O)NO)(S(=O)(=O)N2CCN(c3ccc(CC4CCC4)cc3)CC2)CC1. The molecule has 1 aromatic carbocycles. The molecule has 190 valence electrons. The second-order valence-electron chi connectivity index (χ2n) is 9.83. The number of benzene rings is 1. The fourth-order valence-electron chi connectivity index (χ4n) is 5.37. The number of carbonyl (C=O) groups is 1. The third kappa shape index (κ3) is 5.11. The summed E-state index contributed by atoms with van der Waals surface area (Å²) in [6.07, 6.45) is 5.45. The molecule has 2 N–H and O–H groups in total. The van der Waals surface area contributed by atoms with Crippen LogP contribution in [0.1, 0.15) is 37.7 Å². The first-order valence-electron chi connectivity index (χ1n) is 12.4. The van der Waals surface area contributed by atoms with Crippen molar-refractivity contribution in [3.63, 3.8) is 0 Å². The molecule has 9 nitrogen and oxygen atoms in total. The maximum atomic E-state index is 13.7. The number of piperidine rings is 1. The van der Waals surface area contributed by atoms with E-state index in [2.05, 4.69) is 34.1 Å². The maximum absolute atomic E-state index is 13.7. The van der Waals surface area contributed by atoms with Crippen LogP contribution in [-0.2, 0) is 26.0 Å². The molecule has 0 atom stereocenters. The summed E-state index contributed by atoms with van der Waals surface area (Å²) in [5, 5.41) is 9.38. The van der Waals surface area contributed by atoms with E-state index in [-0.39, 0.29) is 12.8 Å². The standard InChI is InChI=1S/C24H38N4O5S/c1-33-18-17-26-11-9-24(10-12-26,23(29)25-30)34(31,32)28-15-13-27(14-16-28)22-7-5-21(6-8-22)19-20-3-2-4-20/h5-8,20,30H,2-4,9-19H2,1H3,(H,25,29). The van der Waals surface area contributed by atoms with E-state index in [1.807, 2.05) is 0 Å². The minimum absolute atomic E-state index is 0.147. The number of hydrogen-bond acceptors (Lipinski definition) is 7. The average molecular weight is 495 g/mol. The highest BCUT2D eigenvalue weighted by Gasteiger charge is 2.55. The molecule has 2 heterocycles. The lowest BCUT2D eigenvalue weighted by Gasteiger charge is -2.44. The van der Waals surface area contributed by atoms with Gasteiger partial charge in [0.05, 0.1) is 6.61 Å². The van der Waals surface area contributed by atoms with Gasteiger partial charge in [0.1, 0.15) is 0 Å². The number of rotatable bonds is 9. The number of piperazine rings is 1. The molecule has 4 rings (SSSR count). The molecule has 0 bridgehead atoms. The first-order chi connectivity index (χ1) is 16.4. The molecule has 34 heavy (non-hydrogen) atoms. The number of nitrogens with one attached hydrogen (secondary N) is 1. The molecule has 2 aliphatic heterocycles. The average Bonchev–Trinajstić information content (AvgIpc) is 2.85. The van der Waals surface area contributed by atoms with Crippen molar-refractivity contribution in [2.45, 2.75) is 43.3 Å². The van der Waals surface area contributed by atoms with E-state index in [1.54, 1.807) is 12.6 Å². The molecule has 3 fully saturated rings. The van der Waals surface area contributed by atoms with Gasteiger partial charge in [-0.2, -0.15) is 4.31 Å². The van der Waals surface area contributed by atoms with Crippen LogP contribution in [0, 0.1) is 5.92 Å². The van der Waals surface area contributed by atoms with Crippen LogP contribution in [-0.4, -0.2) is 93.0 Å². The van der Waals surface area contributed by atoms with Crippen LogP contribution in [0.4, 0.5) is 5.69 Å². The van der Waals surface area contributed by atoms with Gasteiger partial charge in [-0.15, -0.1) is 0 Å². The quantitative estimate of drug-likeness (QED) is 0.396. The summed E-state index contributed by atoms with van der Waals surface area (Å²) in [5.74, 6) is -0.00161. The summed E-state index contributed by atoms with van der Waals surface area (Å²) in [7, 11) is -2.32. The number of sulfonamides is 1. The van der Waals surface area contributed by atoms with Gasteiger partial charge in [-0.25, -0.2) is 13.9 Å². The molecule has 1 saturated carbocycles. The lowest BCUT2D eigenvalue weighted by atomic mass is 9.81. The van der Waals surface area contributed by atoms with Crippen LogP contribution in [0.5, 0.6) is 0 Å². The van der Waals surface area contributed by atoms with Crippen molar-refractivity contribution < 1.29 is 23.2 Å². The van der Waals surface area contributed by atoms with Crippen molar-refractivity contribution in [1.82, 2.24) is 14.7 Å². The zero-order valence-corrected chi connectivity index (χ0v) is 20.9. The predicted molar refractivity (Wildman–Crippen MR) is 130 cm³/mol. The van der Waals surface area contributed by atoms with Gasteiger partial charge in [0.25, 0.3) is 5.91 Å². The van der Waals surface area contributed by atoms with E-state index in [1.165, 1.54) is 29.1 Å². The summed E-state index contributed by atoms with van der Waals surface area (Å²) < 4.78 is 32.3. The molecule has 0 aromatic heterocycles. The number of likely N-dealkylation sites (tertiary alicyclic amines) is 1. The minimum atomic E-state index is -3.95. The molecular formula is C24H38N4O5S. The Morgan fingerprint density at radius 1 is 1.09 bits per heavy atom. The van der Waals surface area contributed by atoms with Crippen molar-refractivity contribution in [2.24, 2.45) is 5.92 Å². The Bertz CT molecular complexity index is 919. The van der Waals surface area contributed by atoms with Crippen molar-refractivity contribution in [3.05, 3.63) is 29.8 Å². The third-order valence-electron chi connectivity index (χ3n) is 7.91. The highest BCUT2D eigenvalue weighted by atomic mass is 32.2. The van der Waals surface area contributed by atoms with Gasteiger partial charge >= 0.3 is 0 Å². The normalized spacial score (nSPS) is 22.4. The van der Waals surface area contributed by atoms with Gasteiger partial charge in [0.2, 0.25) is 10.0 Å². The second kappa shape index (κ2) is 10.9. The van der Waals surface area contributed by atoms with Crippen molar-refractivity contribution in [3.8, 4) is 0 Å². The van der Waals surface area contributed by atoms with E-state index >= 15 is 0 Å². The van der Waals surface area contributed by atoms with E-state index in [9.17, 15) is 18.4 Å². The Hall–Kier alpha value is -1.72. The van der Waals surface area contributed by atoms with E-state index < -0.39 is 20.7 Å². The molecule has 0 radical (unpaired) electrons. The molecule has 10 heteroatoms. The molecule has 2 saturated heterocycles. The summed E-state index contributed by atoms with van der Waals surface area (Å²) >= 11 is 0. The lowest BCUT2D eigenvalue weighted by Crippen LogP contribution is -2.63. The van der Waals surface area contributed by atoms with Crippen LogP contribution in [0.3, 0.4) is 0 Å². The molecule has 1 aliphatic carbocycles. The highest BCUT2D eigenvalue weighted by Crippen LogP contribution is 2.35. The Labute approximate surface area is 203 Å². The number of anilines is 1. The molecule has 0 unspecified atom stereocenters. The molecule has 1 aromatic rings. The smallest absolute Gasteiger partial charge is 0.266 e. The minimum Gasteiger partial charge on any atom is -0.383 e. The van der Waals surface area contributed by atoms with Gasteiger partial charge in [-0.05, 0) is 42.9 Å². The zero-order chi connectivity index (χ0) is 24.2. The fourth-order valence-corrected chi connectivity index (χ4v) is 7.49. The zero-order valence-electron chi connectivity index (χ0n) is 20.1. The van der Waals surface area contributed by atoms with E-state index in [0.29, 0.717) is 52.4 Å². The third-order valence-corrected chi connectivity index (χ3v) is 10.5. The number of methoxy groups -OCH3 is 1. The number of hydrogen-bond donors (Lipinski definition) is 2. The second-order valence-corrected chi connectivity index (χ2v) is 12.1. The highest BCUT2D eigenvalue weighted by molar-refractivity contribution is 7.91. The number of hydroxylamine groups is 1. The van der Waals surface area contributed by atoms with Crippen LogP contribution in [0.2, 0.25) is 0 Å². The lowest BCUT2D eigenvalue weighted by molar-refractivity contribution is -0.133. The van der Waals surface area contributed by atoms with Gasteiger partial charge in [0, 0.05) is 58.6 Å². The molecule has 3 aliphatic rings. The van der Waals surface area contributed by atoms with Crippen molar-refractivity contribution in [2.75, 3.05) is 64.4 Å². The number of ether oxygens (including phenoxy) is 1. The van der Waals surface area contributed by atoms with Gasteiger partial charge in [-0.1, -0.05) is 31.4 Å². The topological polar surface area (TPSA) is 102 Å². The van der Waals surface area contributed by atoms with Crippen LogP contribution in [0.25, 0.3) is 0 Å². The number of nitrogens with zero attached hydrogens (tertiary/aromatic N) is 3. The number of amides is 1. The van der Waals surface area contributed by atoms with Crippen LogP contribution in [0.15, 0.2) is 24.3 Å². The summed E-state index contributed by atoms with van der Waals surface area (Å²) in [5.41, 5.74) is 4.11. The van der Waals surface area contributed by atoms with E-state index in [0.717, 1.165) is 18.0 Å².